The van der Waals surface area contributed by atoms with Crippen LogP contribution in [0.4, 0.5) is 0 Å². The van der Waals surface area contributed by atoms with Crippen LogP contribution in [0.15, 0.2) is 42.6 Å². The minimum absolute atomic E-state index is 0. The predicted octanol–water partition coefficient (Wildman–Crippen LogP) is 2.29. The summed E-state index contributed by atoms with van der Waals surface area (Å²) in [7, 11) is 1.65. The maximum atomic E-state index is 5.69. The number of nitrogens with two attached hydrogens (primary N) is 1. The molecule has 0 amide bonds. The summed E-state index contributed by atoms with van der Waals surface area (Å²) < 4.78 is 6.97. The lowest BCUT2D eigenvalue weighted by molar-refractivity contribution is 0.415. The number of hydrogen-bond donors (Lipinski definition) is 1. The third-order valence-corrected chi connectivity index (χ3v) is 3.01. The van der Waals surface area contributed by atoms with E-state index in [9.17, 15) is 0 Å². The number of aromatic nitrogens is 3. The van der Waals surface area contributed by atoms with Crippen molar-refractivity contribution in [1.82, 2.24) is 14.6 Å². The van der Waals surface area contributed by atoms with Crippen LogP contribution in [-0.4, -0.2) is 21.7 Å². The number of fused-ring (bicyclic) bond motifs is 1. The number of rotatable bonds is 3. The Balaban J connectivity index is 0.00000147. The summed E-state index contributed by atoms with van der Waals surface area (Å²) in [4.78, 5) is 4.42. The Hall–Kier alpha value is -2.11. The molecule has 0 radical (unpaired) electrons. The third kappa shape index (κ3) is 2.45. The van der Waals surface area contributed by atoms with Crippen molar-refractivity contribution in [3.05, 3.63) is 48.3 Å². The highest BCUT2D eigenvalue weighted by molar-refractivity contribution is 5.85. The van der Waals surface area contributed by atoms with Gasteiger partial charge in [-0.3, -0.25) is 0 Å². The minimum atomic E-state index is 0. The monoisotopic (exact) mass is 290 g/mol. The molecule has 6 heteroatoms. The summed E-state index contributed by atoms with van der Waals surface area (Å²) in [5, 5.41) is 4.30. The maximum absolute atomic E-state index is 5.69. The summed E-state index contributed by atoms with van der Waals surface area (Å²) in [5.41, 5.74) is 9.35. The highest BCUT2D eigenvalue weighted by Gasteiger charge is 2.08. The van der Waals surface area contributed by atoms with E-state index in [4.69, 9.17) is 10.5 Å². The molecule has 0 atom stereocenters. The van der Waals surface area contributed by atoms with Crippen LogP contribution >= 0.6 is 12.4 Å². The van der Waals surface area contributed by atoms with Crippen molar-refractivity contribution >= 4 is 18.1 Å². The quantitative estimate of drug-likeness (QED) is 0.804. The molecular formula is C14H15ClN4O. The summed E-state index contributed by atoms with van der Waals surface area (Å²) in [6.07, 6.45) is 1.73. The van der Waals surface area contributed by atoms with Crippen molar-refractivity contribution in [2.75, 3.05) is 7.11 Å². The van der Waals surface area contributed by atoms with Gasteiger partial charge in [0.15, 0.2) is 5.65 Å². The molecule has 0 spiro atoms. The predicted molar refractivity (Wildman–Crippen MR) is 80.1 cm³/mol. The first kappa shape index (κ1) is 14.3. The highest BCUT2D eigenvalue weighted by Crippen LogP contribution is 2.23. The van der Waals surface area contributed by atoms with Crippen molar-refractivity contribution in [3.63, 3.8) is 0 Å². The summed E-state index contributed by atoms with van der Waals surface area (Å²) in [6, 6.07) is 11.7. The second-order valence-corrected chi connectivity index (χ2v) is 4.17. The lowest BCUT2D eigenvalue weighted by atomic mass is 10.1. The first-order chi connectivity index (χ1) is 9.31. The molecule has 0 unspecified atom stereocenters. The minimum Gasteiger partial charge on any atom is -0.497 e. The fourth-order valence-electron chi connectivity index (χ4n) is 2.04. The number of nitrogens with zero attached hydrogens (tertiary/aromatic N) is 3. The van der Waals surface area contributed by atoms with Crippen molar-refractivity contribution in [3.8, 4) is 17.0 Å². The number of methoxy groups -OCH3 is 1. The van der Waals surface area contributed by atoms with Gasteiger partial charge in [0, 0.05) is 18.2 Å². The molecule has 0 saturated heterocycles. The molecule has 0 fully saturated rings. The Morgan fingerprint density at radius 3 is 2.60 bits per heavy atom. The van der Waals surface area contributed by atoms with Gasteiger partial charge in [-0.1, -0.05) is 0 Å². The lowest BCUT2D eigenvalue weighted by Crippen LogP contribution is -2.04. The second-order valence-electron chi connectivity index (χ2n) is 4.17. The first-order valence-electron chi connectivity index (χ1n) is 6.00. The Kier molecular flexibility index (Phi) is 4.22. The Morgan fingerprint density at radius 2 is 1.95 bits per heavy atom. The second kappa shape index (κ2) is 5.90. The number of halogens is 1. The average Bonchev–Trinajstić information content (AvgIpc) is 2.94. The van der Waals surface area contributed by atoms with Crippen LogP contribution in [0.2, 0.25) is 0 Å². The Labute approximate surface area is 122 Å². The van der Waals surface area contributed by atoms with Gasteiger partial charge >= 0.3 is 0 Å². The van der Waals surface area contributed by atoms with E-state index in [1.807, 2.05) is 36.4 Å². The molecule has 3 aromatic rings. The SMILES string of the molecule is COc1ccc(-c2cc(CN)nc3ccnn23)cc1.Cl. The van der Waals surface area contributed by atoms with Crippen LogP contribution in [-0.2, 0) is 6.54 Å². The molecule has 1 aromatic carbocycles. The van der Waals surface area contributed by atoms with Crippen LogP contribution in [0.1, 0.15) is 5.69 Å². The largest absolute Gasteiger partial charge is 0.497 e. The zero-order chi connectivity index (χ0) is 13.2. The van der Waals surface area contributed by atoms with Crippen LogP contribution in [0.3, 0.4) is 0 Å². The van der Waals surface area contributed by atoms with Gasteiger partial charge in [-0.05, 0) is 30.3 Å². The zero-order valence-electron chi connectivity index (χ0n) is 11.0. The number of ether oxygens (including phenoxy) is 1. The molecular weight excluding hydrogens is 276 g/mol. The molecule has 3 rings (SSSR count). The van der Waals surface area contributed by atoms with Crippen molar-refractivity contribution < 1.29 is 4.74 Å². The van der Waals surface area contributed by atoms with E-state index >= 15 is 0 Å². The van der Waals surface area contributed by atoms with Gasteiger partial charge in [0.05, 0.1) is 24.7 Å². The van der Waals surface area contributed by atoms with Crippen LogP contribution in [0, 0.1) is 0 Å². The van der Waals surface area contributed by atoms with E-state index in [0.717, 1.165) is 28.3 Å². The summed E-state index contributed by atoms with van der Waals surface area (Å²) >= 11 is 0. The molecule has 2 aromatic heterocycles. The molecule has 0 aliphatic carbocycles. The van der Waals surface area contributed by atoms with Gasteiger partial charge in [0.25, 0.3) is 0 Å². The van der Waals surface area contributed by atoms with Crippen LogP contribution < -0.4 is 10.5 Å². The number of benzene rings is 1. The first-order valence-corrected chi connectivity index (χ1v) is 6.00. The molecule has 0 bridgehead atoms. The molecule has 20 heavy (non-hydrogen) atoms. The van der Waals surface area contributed by atoms with Crippen molar-refractivity contribution in [1.29, 1.82) is 0 Å². The van der Waals surface area contributed by atoms with E-state index in [1.165, 1.54) is 0 Å². The smallest absolute Gasteiger partial charge is 0.155 e. The van der Waals surface area contributed by atoms with Gasteiger partial charge in [0.1, 0.15) is 5.75 Å². The molecule has 0 aliphatic heterocycles. The van der Waals surface area contributed by atoms with E-state index < -0.39 is 0 Å². The summed E-state index contributed by atoms with van der Waals surface area (Å²) in [6.45, 7) is 0.408. The third-order valence-electron chi connectivity index (χ3n) is 3.01. The molecule has 5 nitrogen and oxygen atoms in total. The normalized spacial score (nSPS) is 10.3. The lowest BCUT2D eigenvalue weighted by Gasteiger charge is -2.08. The highest BCUT2D eigenvalue weighted by atomic mass is 35.5. The van der Waals surface area contributed by atoms with Crippen LogP contribution in [0.5, 0.6) is 5.75 Å². The molecule has 0 saturated carbocycles. The maximum Gasteiger partial charge on any atom is 0.155 e. The summed E-state index contributed by atoms with van der Waals surface area (Å²) in [5.74, 6) is 0.827. The fourth-order valence-corrected chi connectivity index (χ4v) is 2.04. The zero-order valence-corrected chi connectivity index (χ0v) is 11.8. The standard InChI is InChI=1S/C14H14N4O.ClH/c1-19-12-4-2-10(3-5-12)13-8-11(9-15)17-14-6-7-16-18(13)14;/h2-8H,9,15H2,1H3;1H. The van der Waals surface area contributed by atoms with Gasteiger partial charge in [-0.25, -0.2) is 9.50 Å². The van der Waals surface area contributed by atoms with Gasteiger partial charge in [0.2, 0.25) is 0 Å². The topological polar surface area (TPSA) is 65.4 Å². The van der Waals surface area contributed by atoms with E-state index in [1.54, 1.807) is 17.8 Å². The van der Waals surface area contributed by atoms with E-state index in [-0.39, 0.29) is 12.4 Å². The molecule has 0 aliphatic rings. The van der Waals surface area contributed by atoms with Gasteiger partial charge in [-0.15, -0.1) is 12.4 Å². The fraction of sp³-hybridized carbons (Fsp3) is 0.143. The Morgan fingerprint density at radius 1 is 1.20 bits per heavy atom. The van der Waals surface area contributed by atoms with Gasteiger partial charge in [-0.2, -0.15) is 5.10 Å². The van der Waals surface area contributed by atoms with Crippen molar-refractivity contribution in [2.24, 2.45) is 5.73 Å². The number of hydrogen-bond acceptors (Lipinski definition) is 4. The average molecular weight is 291 g/mol. The van der Waals surface area contributed by atoms with Crippen molar-refractivity contribution in [2.45, 2.75) is 6.54 Å². The Bertz CT molecular complexity index is 709. The van der Waals surface area contributed by atoms with E-state index in [2.05, 4.69) is 10.1 Å². The molecule has 104 valence electrons. The van der Waals surface area contributed by atoms with E-state index in [0.29, 0.717) is 6.54 Å². The van der Waals surface area contributed by atoms with Crippen LogP contribution in [0.25, 0.3) is 16.9 Å². The van der Waals surface area contributed by atoms with Gasteiger partial charge < -0.3 is 10.5 Å². The molecule has 2 heterocycles. The molecule has 2 N–H and O–H groups in total.